The summed E-state index contributed by atoms with van der Waals surface area (Å²) in [7, 11) is 0. The second-order valence-electron chi connectivity index (χ2n) is 6.45. The number of aldehydes is 1. The van der Waals surface area contributed by atoms with Crippen LogP contribution >= 0.6 is 11.3 Å². The van der Waals surface area contributed by atoms with E-state index in [0.29, 0.717) is 29.6 Å². The van der Waals surface area contributed by atoms with Crippen LogP contribution in [0.25, 0.3) is 0 Å². The average Bonchev–Trinajstić information content (AvgIpc) is 3.44. The highest BCUT2D eigenvalue weighted by atomic mass is 32.1. The Kier molecular flexibility index (Phi) is 5.99. The lowest BCUT2D eigenvalue weighted by Crippen LogP contribution is -2.39. The highest BCUT2D eigenvalue weighted by molar-refractivity contribution is 7.14. The molecule has 6 nitrogen and oxygen atoms in total. The molecule has 0 saturated heterocycles. The van der Waals surface area contributed by atoms with Crippen LogP contribution in [0, 0.1) is 11.7 Å². The van der Waals surface area contributed by atoms with Crippen LogP contribution in [0.4, 0.5) is 4.39 Å². The Morgan fingerprint density at radius 2 is 2.00 bits per heavy atom. The minimum Gasteiger partial charge on any atom is -0.416 e. The van der Waals surface area contributed by atoms with Gasteiger partial charge in [0.05, 0.1) is 5.56 Å². The van der Waals surface area contributed by atoms with Gasteiger partial charge in [-0.15, -0.1) is 11.3 Å². The zero-order chi connectivity index (χ0) is 20.3. The summed E-state index contributed by atoms with van der Waals surface area (Å²) in [6.45, 7) is 1.26. The Bertz CT molecular complexity index is 934. The predicted octanol–water partition coefficient (Wildman–Crippen LogP) is 3.25. The van der Waals surface area contributed by atoms with Crippen molar-refractivity contribution in [3.63, 3.8) is 0 Å². The minimum atomic E-state index is -0.695. The average molecular weight is 403 g/mol. The molecule has 146 valence electrons. The van der Waals surface area contributed by atoms with Crippen molar-refractivity contribution in [2.75, 3.05) is 6.54 Å². The van der Waals surface area contributed by atoms with Crippen molar-refractivity contribution in [1.29, 1.82) is 0 Å². The van der Waals surface area contributed by atoms with Crippen molar-refractivity contribution in [1.82, 2.24) is 4.90 Å². The molecule has 0 spiro atoms. The van der Waals surface area contributed by atoms with Crippen molar-refractivity contribution in [2.45, 2.75) is 26.2 Å². The number of carbonyl (C=O) groups is 4. The molecule has 8 heteroatoms. The molecule has 28 heavy (non-hydrogen) atoms. The van der Waals surface area contributed by atoms with E-state index in [-0.39, 0.29) is 35.4 Å². The number of halogens is 1. The number of thiophene rings is 1. The van der Waals surface area contributed by atoms with E-state index >= 15 is 0 Å². The highest BCUT2D eigenvalue weighted by Crippen LogP contribution is 2.33. The number of hydrogen-bond donors (Lipinski definition) is 0. The second-order valence-corrected chi connectivity index (χ2v) is 7.55. The Labute approximate surface area is 164 Å². The summed E-state index contributed by atoms with van der Waals surface area (Å²) >= 11 is 1.10. The van der Waals surface area contributed by atoms with E-state index in [9.17, 15) is 23.6 Å². The van der Waals surface area contributed by atoms with Gasteiger partial charge in [-0.1, -0.05) is 12.1 Å². The molecule has 0 N–H and O–H groups in total. The number of rotatable bonds is 7. The molecule has 2 amide bonds. The smallest absolute Gasteiger partial charge is 0.308 e. The van der Waals surface area contributed by atoms with Gasteiger partial charge in [-0.3, -0.25) is 24.1 Å². The van der Waals surface area contributed by atoms with Gasteiger partial charge in [0.1, 0.15) is 5.82 Å². The fraction of sp³-hybridized carbons (Fsp3) is 0.300. The van der Waals surface area contributed by atoms with Gasteiger partial charge in [0.15, 0.2) is 11.3 Å². The lowest BCUT2D eigenvalue weighted by atomic mass is 10.1. The van der Waals surface area contributed by atoms with Crippen LogP contribution in [-0.2, 0) is 16.0 Å². The van der Waals surface area contributed by atoms with Crippen LogP contribution < -0.4 is 4.74 Å². The van der Waals surface area contributed by atoms with Crippen molar-refractivity contribution >= 4 is 35.4 Å². The monoisotopic (exact) mass is 403 g/mol. The molecule has 0 atom stereocenters. The fourth-order valence-electron chi connectivity index (χ4n) is 2.76. The number of hydrogen-bond acceptors (Lipinski definition) is 6. The molecule has 1 fully saturated rings. The lowest BCUT2D eigenvalue weighted by molar-refractivity contribution is -0.132. The van der Waals surface area contributed by atoms with Gasteiger partial charge in [-0.25, -0.2) is 4.39 Å². The number of nitrogens with zero attached hydrogens (tertiary/aromatic N) is 1. The first-order valence-corrected chi connectivity index (χ1v) is 9.59. The molecule has 1 aliphatic carbocycles. The summed E-state index contributed by atoms with van der Waals surface area (Å²) in [5, 5.41) is 0.269. The van der Waals surface area contributed by atoms with E-state index in [1.54, 1.807) is 0 Å². The Morgan fingerprint density at radius 1 is 1.29 bits per heavy atom. The van der Waals surface area contributed by atoms with Crippen LogP contribution in [0.1, 0.15) is 45.4 Å². The minimum absolute atomic E-state index is 0.00334. The molecule has 1 aromatic heterocycles. The van der Waals surface area contributed by atoms with Crippen LogP contribution in [0.15, 0.2) is 30.3 Å². The molecule has 0 aliphatic heterocycles. The fourth-order valence-corrected chi connectivity index (χ4v) is 3.77. The number of esters is 1. The Hall–Kier alpha value is -2.87. The molecule has 2 aromatic rings. The van der Waals surface area contributed by atoms with Crippen molar-refractivity contribution in [2.24, 2.45) is 5.92 Å². The molecule has 1 aromatic carbocycles. The molecule has 1 aliphatic rings. The zero-order valence-corrected chi connectivity index (χ0v) is 16.0. The van der Waals surface area contributed by atoms with E-state index in [1.807, 2.05) is 0 Å². The third-order valence-electron chi connectivity index (χ3n) is 4.29. The van der Waals surface area contributed by atoms with Gasteiger partial charge in [0.25, 0.3) is 5.91 Å². The van der Waals surface area contributed by atoms with Gasteiger partial charge in [0, 0.05) is 42.3 Å². The first-order chi connectivity index (χ1) is 13.4. The van der Waals surface area contributed by atoms with Crippen LogP contribution in [0.5, 0.6) is 5.06 Å². The lowest BCUT2D eigenvalue weighted by Gasteiger charge is -2.21. The first kappa shape index (κ1) is 19.9. The molecule has 1 saturated carbocycles. The number of ether oxygens (including phenoxy) is 1. The Balaban J connectivity index is 1.81. The van der Waals surface area contributed by atoms with E-state index in [0.717, 1.165) is 16.2 Å². The summed E-state index contributed by atoms with van der Waals surface area (Å²) in [5.41, 5.74) is 0.164. The summed E-state index contributed by atoms with van der Waals surface area (Å²) in [4.78, 5) is 49.4. The summed E-state index contributed by atoms with van der Waals surface area (Å²) in [5.74, 6) is -2.45. The standard InChI is InChI=1S/C20H18FNO5S/c1-12(24)27-18-10-14(11-23)17(28-18)8-9-22(19(25)13-6-7-13)20(26)15-4-2-3-5-16(15)21/h2-5,10-11,13H,6-9H2,1H3. The second kappa shape index (κ2) is 8.43. The third kappa shape index (κ3) is 4.51. The topological polar surface area (TPSA) is 80.8 Å². The van der Waals surface area contributed by atoms with Crippen molar-refractivity contribution < 1.29 is 28.3 Å². The molecule has 0 unspecified atom stereocenters. The maximum Gasteiger partial charge on any atom is 0.308 e. The third-order valence-corrected chi connectivity index (χ3v) is 5.38. The number of carbonyl (C=O) groups excluding carboxylic acids is 4. The SMILES string of the molecule is CC(=O)Oc1cc(C=O)c(CCN(C(=O)c2ccccc2F)C(=O)C2CC2)s1. The zero-order valence-electron chi connectivity index (χ0n) is 15.1. The van der Waals surface area contributed by atoms with Crippen LogP contribution in [0.2, 0.25) is 0 Å². The van der Waals surface area contributed by atoms with Crippen LogP contribution in [0.3, 0.4) is 0 Å². The van der Waals surface area contributed by atoms with Gasteiger partial charge in [0.2, 0.25) is 5.91 Å². The van der Waals surface area contributed by atoms with Crippen molar-refractivity contribution in [3.05, 3.63) is 52.2 Å². The largest absolute Gasteiger partial charge is 0.416 e. The van der Waals surface area contributed by atoms with E-state index < -0.39 is 17.7 Å². The van der Waals surface area contributed by atoms with E-state index in [2.05, 4.69) is 0 Å². The molecule has 0 bridgehead atoms. The molecule has 3 rings (SSSR count). The van der Waals surface area contributed by atoms with Crippen molar-refractivity contribution in [3.8, 4) is 5.06 Å². The highest BCUT2D eigenvalue weighted by Gasteiger charge is 2.37. The first-order valence-electron chi connectivity index (χ1n) is 8.77. The molecular formula is C20H18FNO5S. The van der Waals surface area contributed by atoms with Gasteiger partial charge in [-0.05, 0) is 25.0 Å². The maximum absolute atomic E-state index is 14.0. The number of benzene rings is 1. The summed E-state index contributed by atoms with van der Waals surface area (Å²) in [6, 6.07) is 6.96. The maximum atomic E-state index is 14.0. The Morgan fingerprint density at radius 3 is 2.61 bits per heavy atom. The molecule has 0 radical (unpaired) electrons. The summed E-state index contributed by atoms with van der Waals surface area (Å²) < 4.78 is 19.0. The van der Waals surface area contributed by atoms with Gasteiger partial charge < -0.3 is 4.74 Å². The van der Waals surface area contributed by atoms with E-state index in [4.69, 9.17) is 4.74 Å². The van der Waals surface area contributed by atoms with Gasteiger partial charge >= 0.3 is 5.97 Å². The molecular weight excluding hydrogens is 385 g/mol. The number of imide groups is 1. The normalized spacial score (nSPS) is 13.1. The van der Waals surface area contributed by atoms with E-state index in [1.165, 1.54) is 37.3 Å². The number of amides is 2. The van der Waals surface area contributed by atoms with Crippen LogP contribution in [-0.4, -0.2) is 35.5 Å². The molecule has 1 heterocycles. The predicted molar refractivity (Wildman–Crippen MR) is 99.9 cm³/mol. The summed E-state index contributed by atoms with van der Waals surface area (Å²) in [6.07, 6.45) is 2.24. The quantitative estimate of drug-likeness (QED) is 0.403. The van der Waals surface area contributed by atoms with Gasteiger partial charge in [-0.2, -0.15) is 0 Å².